The Morgan fingerprint density at radius 2 is 1.30 bits per heavy atom. The smallest absolute Gasteiger partial charge is 0.149 e. The van der Waals surface area contributed by atoms with E-state index in [0.29, 0.717) is 33.8 Å². The van der Waals surface area contributed by atoms with E-state index in [9.17, 15) is 5.11 Å². The highest BCUT2D eigenvalue weighted by molar-refractivity contribution is 5.96. The topological polar surface area (TPSA) is 50.9 Å². The largest absolute Gasteiger partial charge is 0.507 e. The van der Waals surface area contributed by atoms with E-state index >= 15 is 0 Å². The van der Waals surface area contributed by atoms with Crippen molar-refractivity contribution in [2.24, 2.45) is 0 Å². The molecule has 0 aliphatic heterocycles. The molecule has 5 aromatic carbocycles. The van der Waals surface area contributed by atoms with Crippen LogP contribution < -0.4 is 0 Å². The lowest BCUT2D eigenvalue weighted by molar-refractivity contribution is 0.477. The third-order valence-corrected chi connectivity index (χ3v) is 6.95. The predicted molar refractivity (Wildman–Crippen MR) is 162 cm³/mol. The summed E-state index contributed by atoms with van der Waals surface area (Å²) in [7, 11) is 0. The summed E-state index contributed by atoms with van der Waals surface area (Å²) in [4.78, 5) is 9.47. The number of aromatic nitrogens is 3. The van der Waals surface area contributed by atoms with Crippen LogP contribution in [0.1, 0.15) is 4.11 Å². The zero-order chi connectivity index (χ0) is 29.5. The van der Waals surface area contributed by atoms with Gasteiger partial charge < -0.3 is 5.11 Å². The maximum atomic E-state index is 10.8. The highest BCUT2D eigenvalue weighted by Gasteiger charge is 2.19. The average Bonchev–Trinajstić information content (AvgIpc) is 3.44. The number of rotatable bonds is 5. The maximum absolute atomic E-state index is 10.8. The maximum Gasteiger partial charge on any atom is 0.149 e. The molecule has 4 heteroatoms. The zero-order valence-electron chi connectivity index (χ0n) is 24.4. The first-order valence-corrected chi connectivity index (χ1v) is 13.0. The first-order valence-electron chi connectivity index (χ1n) is 14.5. The van der Waals surface area contributed by atoms with Gasteiger partial charge in [0.1, 0.15) is 11.6 Å². The zero-order valence-corrected chi connectivity index (χ0v) is 21.4. The molecule has 190 valence electrons. The van der Waals surface area contributed by atoms with Gasteiger partial charge in [-0.15, -0.1) is 0 Å². The van der Waals surface area contributed by atoms with Crippen LogP contribution in [0.2, 0.25) is 0 Å². The molecule has 7 rings (SSSR count). The minimum atomic E-state index is -0.175. The van der Waals surface area contributed by atoms with E-state index in [1.54, 1.807) is 12.1 Å². The van der Waals surface area contributed by atoms with Crippen LogP contribution >= 0.6 is 0 Å². The van der Waals surface area contributed by atoms with Gasteiger partial charge >= 0.3 is 0 Å². The summed E-state index contributed by atoms with van der Waals surface area (Å²) in [6.07, 6.45) is -0.175. The fourth-order valence-electron chi connectivity index (χ4n) is 5.05. The Morgan fingerprint density at radius 3 is 2.12 bits per heavy atom. The van der Waals surface area contributed by atoms with Crippen molar-refractivity contribution in [2.75, 3.05) is 0 Å². The Balaban J connectivity index is 1.43. The van der Waals surface area contributed by atoms with E-state index in [0.717, 1.165) is 27.8 Å². The van der Waals surface area contributed by atoms with Crippen molar-refractivity contribution in [1.29, 1.82) is 0 Å². The van der Waals surface area contributed by atoms with Crippen LogP contribution in [-0.4, -0.2) is 19.6 Å². The standard InChI is InChI=1S/C36H25N3O/c40-34-20-8-7-17-31(34)36-38-35-30(18-10-19-33(35)39(36)29-15-5-2-6-16-29)27-13-9-14-28(23-27)32-24-26(21-22-37-32)25-11-3-1-4-12-25/h1-24,40H/i21D,22D,24D. The number of phenols is 1. The molecule has 0 saturated carbocycles. The van der Waals surface area contributed by atoms with Gasteiger partial charge in [0.15, 0.2) is 0 Å². The molecular formula is C36H25N3O. The van der Waals surface area contributed by atoms with Crippen LogP contribution in [0.15, 0.2) is 146 Å². The first-order chi connectivity index (χ1) is 21.0. The highest BCUT2D eigenvalue weighted by atomic mass is 16.3. The van der Waals surface area contributed by atoms with Gasteiger partial charge in [0, 0.05) is 23.0 Å². The second kappa shape index (κ2) is 10.0. The van der Waals surface area contributed by atoms with Crippen LogP contribution in [0.3, 0.4) is 0 Å². The molecule has 0 amide bonds. The van der Waals surface area contributed by atoms with Crippen molar-refractivity contribution in [3.8, 4) is 56.3 Å². The van der Waals surface area contributed by atoms with Crippen LogP contribution in [0.25, 0.3) is 61.6 Å². The van der Waals surface area contributed by atoms with Gasteiger partial charge in [-0.25, -0.2) is 4.98 Å². The number of hydrogen-bond donors (Lipinski definition) is 1. The van der Waals surface area contributed by atoms with Gasteiger partial charge in [0.05, 0.1) is 26.4 Å². The summed E-state index contributed by atoms with van der Waals surface area (Å²) >= 11 is 0. The number of pyridine rings is 1. The lowest BCUT2D eigenvalue weighted by Crippen LogP contribution is -1.97. The summed E-state index contributed by atoms with van der Waals surface area (Å²) in [6.45, 7) is 0. The van der Waals surface area contributed by atoms with E-state index in [-0.39, 0.29) is 24.0 Å². The first kappa shape index (κ1) is 20.5. The van der Waals surface area contributed by atoms with Crippen molar-refractivity contribution < 1.29 is 9.22 Å². The molecular weight excluding hydrogens is 490 g/mol. The molecule has 0 atom stereocenters. The molecule has 0 aliphatic carbocycles. The Labute approximate surface area is 236 Å². The second-order valence-electron chi connectivity index (χ2n) is 9.44. The summed E-state index contributed by atoms with van der Waals surface area (Å²) in [5.41, 5.74) is 7.04. The number of aromatic hydroxyl groups is 1. The quantitative estimate of drug-likeness (QED) is 0.248. The van der Waals surface area contributed by atoms with Gasteiger partial charge in [-0.3, -0.25) is 9.55 Å². The third kappa shape index (κ3) is 4.22. The summed E-state index contributed by atoms with van der Waals surface area (Å²) < 4.78 is 27.9. The van der Waals surface area contributed by atoms with Gasteiger partial charge in [-0.1, -0.05) is 91.0 Å². The van der Waals surface area contributed by atoms with Crippen molar-refractivity contribution in [3.05, 3.63) is 146 Å². The molecule has 0 spiro atoms. The molecule has 2 heterocycles. The SMILES string of the molecule is [2H]c1nc(-c2cccc(-c3cccc4c3nc(-c3ccccc3O)n4-c3ccccc3)c2)c([2H])c(-c2ccccc2)c1[2H]. The molecule has 0 bridgehead atoms. The average molecular weight is 519 g/mol. The van der Waals surface area contributed by atoms with E-state index in [1.807, 2.05) is 120 Å². The fraction of sp³-hybridized carbons (Fsp3) is 0. The van der Waals surface area contributed by atoms with E-state index < -0.39 is 0 Å². The number of phenolic OH excluding ortho intramolecular Hbond substituents is 1. The van der Waals surface area contributed by atoms with Crippen molar-refractivity contribution >= 4 is 11.0 Å². The normalized spacial score (nSPS) is 12.2. The van der Waals surface area contributed by atoms with E-state index in [4.69, 9.17) is 9.10 Å². The Bertz CT molecular complexity index is 2130. The van der Waals surface area contributed by atoms with Crippen molar-refractivity contribution in [3.63, 3.8) is 0 Å². The molecule has 0 fully saturated rings. The fourth-order valence-corrected chi connectivity index (χ4v) is 5.05. The highest BCUT2D eigenvalue weighted by Crippen LogP contribution is 2.38. The Hall–Kier alpha value is -5.48. The number of imidazole rings is 1. The number of hydrogen-bond acceptors (Lipinski definition) is 3. The van der Waals surface area contributed by atoms with Crippen molar-refractivity contribution in [1.82, 2.24) is 14.5 Å². The van der Waals surface area contributed by atoms with Gasteiger partial charge in [-0.2, -0.15) is 0 Å². The molecule has 1 N–H and O–H groups in total. The van der Waals surface area contributed by atoms with Gasteiger partial charge in [0.2, 0.25) is 0 Å². The third-order valence-electron chi connectivity index (χ3n) is 6.95. The molecule has 4 nitrogen and oxygen atoms in total. The van der Waals surface area contributed by atoms with Crippen LogP contribution in [0, 0.1) is 0 Å². The van der Waals surface area contributed by atoms with Crippen LogP contribution in [-0.2, 0) is 0 Å². The van der Waals surface area contributed by atoms with E-state index in [1.165, 1.54) is 0 Å². The second-order valence-corrected chi connectivity index (χ2v) is 9.44. The number of nitrogens with zero attached hydrogens (tertiary/aromatic N) is 3. The van der Waals surface area contributed by atoms with E-state index in [2.05, 4.69) is 4.98 Å². The summed E-state index contributed by atoms with van der Waals surface area (Å²) in [5.74, 6) is 0.765. The molecule has 40 heavy (non-hydrogen) atoms. The molecule has 0 radical (unpaired) electrons. The monoisotopic (exact) mass is 518 g/mol. The lowest BCUT2D eigenvalue weighted by Gasteiger charge is -2.11. The van der Waals surface area contributed by atoms with Crippen LogP contribution in [0.4, 0.5) is 0 Å². The number of para-hydroxylation sites is 3. The van der Waals surface area contributed by atoms with Crippen LogP contribution in [0.5, 0.6) is 5.75 Å². The summed E-state index contributed by atoms with van der Waals surface area (Å²) in [6, 6.07) is 40.2. The summed E-state index contributed by atoms with van der Waals surface area (Å²) in [5, 5.41) is 10.8. The van der Waals surface area contributed by atoms with Crippen molar-refractivity contribution in [2.45, 2.75) is 0 Å². The predicted octanol–water partition coefficient (Wildman–Crippen LogP) is 8.79. The number of benzene rings is 5. The molecule has 0 unspecified atom stereocenters. The Kier molecular flexibility index (Phi) is 5.12. The van der Waals surface area contributed by atoms with Gasteiger partial charge in [-0.05, 0) is 65.2 Å². The minimum absolute atomic E-state index is 0.0657. The lowest BCUT2D eigenvalue weighted by atomic mass is 9.99. The molecule has 0 saturated heterocycles. The Morgan fingerprint density at radius 1 is 0.625 bits per heavy atom. The molecule has 7 aromatic rings. The number of fused-ring (bicyclic) bond motifs is 1. The molecule has 0 aliphatic rings. The molecule has 2 aromatic heterocycles. The van der Waals surface area contributed by atoms with Gasteiger partial charge in [0.25, 0.3) is 0 Å². The minimum Gasteiger partial charge on any atom is -0.507 e.